The Balaban J connectivity index is 1.23. The number of rotatable bonds is 6. The summed E-state index contributed by atoms with van der Waals surface area (Å²) in [5.74, 6) is -3.36. The normalized spacial score (nSPS) is 28.2. The van der Waals surface area contributed by atoms with Crippen LogP contribution in [0.1, 0.15) is 34.1 Å². The zero-order chi connectivity index (χ0) is 25.7. The van der Waals surface area contributed by atoms with E-state index >= 15 is 0 Å². The topological polar surface area (TPSA) is 110 Å². The minimum Gasteiger partial charge on any atom is -0.452 e. The van der Waals surface area contributed by atoms with E-state index < -0.39 is 30.3 Å². The Bertz CT molecular complexity index is 1250. The average molecular weight is 529 g/mol. The molecule has 0 aromatic heterocycles. The Labute approximate surface area is 216 Å². The van der Waals surface area contributed by atoms with Crippen LogP contribution in [-0.2, 0) is 19.1 Å². The fourth-order valence-electron chi connectivity index (χ4n) is 5.58. The Hall–Kier alpha value is -3.23. The predicted octanol–water partition coefficient (Wildman–Crippen LogP) is 3.65. The lowest BCUT2D eigenvalue weighted by Crippen LogP contribution is -2.37. The lowest BCUT2D eigenvalue weighted by molar-refractivity contribution is -0.123. The third-order valence-corrected chi connectivity index (χ3v) is 8.56. The first kappa shape index (κ1) is 24.5. The number of Topliss-reactive ketones (excluding diaryl/α,β-unsaturated/α-hetero) is 1. The van der Waals surface area contributed by atoms with Crippen molar-refractivity contribution in [2.45, 2.75) is 24.1 Å². The van der Waals surface area contributed by atoms with Gasteiger partial charge in [0.2, 0.25) is 11.8 Å². The number of carbonyl (C=O) groups is 5. The molecule has 36 heavy (non-hydrogen) atoms. The lowest BCUT2D eigenvalue weighted by atomic mass is 9.80. The number of halogens is 2. The standard InChI is InChI=1S/C26H22Cl2N2O6/c1-12(31)13-5-7-15(8-6-13)29-19(32)11-36-26(35)14-3-2-4-16(9-14)30-24(33)20-17-10-18(21(20)25(30)34)23(28)22(17)27/h2-9,17-18,20-23H,10-11H2,1H3,(H,29,32)/t17-,18-,20-,21-,22-,23+/m1/s1. The number of hydrogen-bond donors (Lipinski definition) is 1. The van der Waals surface area contributed by atoms with E-state index in [1.165, 1.54) is 19.1 Å². The van der Waals surface area contributed by atoms with Crippen molar-refractivity contribution in [3.8, 4) is 0 Å². The minimum absolute atomic E-state index is 0.0941. The van der Waals surface area contributed by atoms with Crippen molar-refractivity contribution >= 4 is 64.1 Å². The van der Waals surface area contributed by atoms with Crippen molar-refractivity contribution < 1.29 is 28.7 Å². The summed E-state index contributed by atoms with van der Waals surface area (Å²) in [7, 11) is 0. The van der Waals surface area contributed by atoms with Crippen LogP contribution >= 0.6 is 23.2 Å². The second-order valence-electron chi connectivity index (χ2n) is 9.32. The molecular formula is C26H22Cl2N2O6. The van der Waals surface area contributed by atoms with Gasteiger partial charge >= 0.3 is 5.97 Å². The summed E-state index contributed by atoms with van der Waals surface area (Å²) in [6.45, 7) is 0.901. The molecule has 8 nitrogen and oxygen atoms in total. The molecular weight excluding hydrogens is 507 g/mol. The lowest BCUT2D eigenvalue weighted by Gasteiger charge is -2.28. The summed E-state index contributed by atoms with van der Waals surface area (Å²) in [4.78, 5) is 63.6. The molecule has 3 amide bonds. The Morgan fingerprint density at radius 1 is 0.944 bits per heavy atom. The second-order valence-corrected chi connectivity index (χ2v) is 10.3. The summed E-state index contributed by atoms with van der Waals surface area (Å²) in [5.41, 5.74) is 1.32. The summed E-state index contributed by atoms with van der Waals surface area (Å²) in [5, 5.41) is 1.87. The fourth-order valence-corrected chi connectivity index (χ4v) is 6.47. The van der Waals surface area contributed by atoms with E-state index in [4.69, 9.17) is 27.9 Å². The van der Waals surface area contributed by atoms with Gasteiger partial charge in [-0.2, -0.15) is 0 Å². The summed E-state index contributed by atoms with van der Waals surface area (Å²) in [6.07, 6.45) is 0.665. The number of amides is 3. The average Bonchev–Trinajstić information content (AvgIpc) is 3.47. The molecule has 6 atom stereocenters. The van der Waals surface area contributed by atoms with Crippen molar-refractivity contribution in [2.75, 3.05) is 16.8 Å². The monoisotopic (exact) mass is 528 g/mol. The number of nitrogens with one attached hydrogen (secondary N) is 1. The molecule has 0 spiro atoms. The predicted molar refractivity (Wildman–Crippen MR) is 132 cm³/mol. The number of carbonyl (C=O) groups excluding carboxylic acids is 5. The molecule has 5 rings (SSSR count). The van der Waals surface area contributed by atoms with Crippen molar-refractivity contribution in [3.63, 3.8) is 0 Å². The van der Waals surface area contributed by atoms with Gasteiger partial charge in [-0.3, -0.25) is 24.1 Å². The van der Waals surface area contributed by atoms with Crippen LogP contribution in [0.4, 0.5) is 11.4 Å². The number of alkyl halides is 2. The first-order valence-electron chi connectivity index (χ1n) is 11.5. The largest absolute Gasteiger partial charge is 0.452 e. The van der Waals surface area contributed by atoms with Crippen LogP contribution in [0.3, 0.4) is 0 Å². The molecule has 3 fully saturated rings. The molecule has 2 bridgehead atoms. The van der Waals surface area contributed by atoms with Crippen molar-refractivity contribution in [3.05, 3.63) is 59.7 Å². The van der Waals surface area contributed by atoms with Gasteiger partial charge in [0.1, 0.15) is 0 Å². The maximum atomic E-state index is 13.2. The SMILES string of the molecule is CC(=O)c1ccc(NC(=O)COC(=O)c2cccc(N3C(=O)[C@@H]4[C@H]5C[C@@H]([C@@H](Cl)[C@H]5Cl)[C@H]4C3=O)c2)cc1. The van der Waals surface area contributed by atoms with Gasteiger partial charge in [-0.1, -0.05) is 6.07 Å². The number of nitrogens with zero attached hydrogens (tertiary/aromatic N) is 1. The third-order valence-electron chi connectivity index (χ3n) is 7.24. The second kappa shape index (κ2) is 9.33. The van der Waals surface area contributed by atoms with E-state index in [9.17, 15) is 24.0 Å². The maximum absolute atomic E-state index is 13.2. The number of imide groups is 1. The maximum Gasteiger partial charge on any atom is 0.338 e. The van der Waals surface area contributed by atoms with Crippen molar-refractivity contribution in [1.29, 1.82) is 0 Å². The van der Waals surface area contributed by atoms with Crippen LogP contribution in [0.15, 0.2) is 48.5 Å². The Kier molecular flexibility index (Phi) is 6.34. The fraction of sp³-hybridized carbons (Fsp3) is 0.346. The molecule has 2 aliphatic carbocycles. The highest BCUT2D eigenvalue weighted by atomic mass is 35.5. The molecule has 3 aliphatic rings. The van der Waals surface area contributed by atoms with E-state index in [1.807, 2.05) is 0 Å². The molecule has 2 aromatic carbocycles. The van der Waals surface area contributed by atoms with Crippen molar-refractivity contribution in [1.82, 2.24) is 0 Å². The zero-order valence-electron chi connectivity index (χ0n) is 19.1. The molecule has 0 radical (unpaired) electrons. The molecule has 1 heterocycles. The van der Waals surface area contributed by atoms with Crippen LogP contribution in [0.25, 0.3) is 0 Å². The molecule has 10 heteroatoms. The van der Waals surface area contributed by atoms with Crippen LogP contribution in [0.2, 0.25) is 0 Å². The number of ether oxygens (including phenoxy) is 1. The van der Waals surface area contributed by atoms with Gasteiger partial charge in [0.25, 0.3) is 5.91 Å². The first-order valence-corrected chi connectivity index (χ1v) is 12.4. The number of benzene rings is 2. The molecule has 1 saturated heterocycles. The third kappa shape index (κ3) is 4.08. The van der Waals surface area contributed by atoms with Gasteiger partial charge in [-0.05, 0) is 67.6 Å². The number of hydrogen-bond acceptors (Lipinski definition) is 6. The summed E-state index contributed by atoms with van der Waals surface area (Å²) in [6, 6.07) is 12.3. The number of fused-ring (bicyclic) bond motifs is 5. The quantitative estimate of drug-likeness (QED) is 0.265. The Morgan fingerprint density at radius 2 is 1.56 bits per heavy atom. The van der Waals surface area contributed by atoms with E-state index in [0.29, 0.717) is 17.7 Å². The first-order chi connectivity index (χ1) is 17.2. The van der Waals surface area contributed by atoms with Crippen LogP contribution in [0.5, 0.6) is 0 Å². The van der Waals surface area contributed by atoms with E-state index in [1.54, 1.807) is 36.4 Å². The van der Waals surface area contributed by atoms with Gasteiger partial charge in [0.15, 0.2) is 12.4 Å². The smallest absolute Gasteiger partial charge is 0.338 e. The summed E-state index contributed by atoms with van der Waals surface area (Å²) < 4.78 is 5.11. The molecule has 2 aromatic rings. The van der Waals surface area contributed by atoms with E-state index in [-0.39, 0.29) is 51.4 Å². The van der Waals surface area contributed by atoms with Gasteiger partial charge in [0, 0.05) is 11.3 Å². The number of ketones is 1. The number of esters is 1. The van der Waals surface area contributed by atoms with Gasteiger partial charge in [-0.15, -0.1) is 23.2 Å². The highest BCUT2D eigenvalue weighted by Gasteiger charge is 2.66. The van der Waals surface area contributed by atoms with Gasteiger partial charge in [-0.25, -0.2) is 4.79 Å². The number of anilines is 2. The van der Waals surface area contributed by atoms with Crippen molar-refractivity contribution in [2.24, 2.45) is 23.7 Å². The Morgan fingerprint density at radius 3 is 2.14 bits per heavy atom. The highest BCUT2D eigenvalue weighted by molar-refractivity contribution is 6.32. The van der Waals surface area contributed by atoms with Gasteiger partial charge in [0.05, 0.1) is 33.8 Å². The van der Waals surface area contributed by atoms with Crippen LogP contribution in [0, 0.1) is 23.7 Å². The molecule has 1 N–H and O–H groups in total. The van der Waals surface area contributed by atoms with Crippen LogP contribution < -0.4 is 10.2 Å². The molecule has 0 unspecified atom stereocenters. The molecule has 1 aliphatic heterocycles. The minimum atomic E-state index is -0.778. The zero-order valence-corrected chi connectivity index (χ0v) is 20.7. The molecule has 2 saturated carbocycles. The van der Waals surface area contributed by atoms with E-state index in [0.717, 1.165) is 4.90 Å². The van der Waals surface area contributed by atoms with Gasteiger partial charge < -0.3 is 10.1 Å². The summed E-state index contributed by atoms with van der Waals surface area (Å²) >= 11 is 12.8. The van der Waals surface area contributed by atoms with E-state index in [2.05, 4.69) is 5.32 Å². The molecule has 186 valence electrons. The highest BCUT2D eigenvalue weighted by Crippen LogP contribution is 2.59. The van der Waals surface area contributed by atoms with Crippen LogP contribution in [-0.4, -0.2) is 46.8 Å².